The zero-order chi connectivity index (χ0) is 13.4. The van der Waals surface area contributed by atoms with E-state index in [1.165, 1.54) is 12.0 Å². The molecule has 18 heavy (non-hydrogen) atoms. The summed E-state index contributed by atoms with van der Waals surface area (Å²) in [5, 5.41) is 4.42. The summed E-state index contributed by atoms with van der Waals surface area (Å²) in [6, 6.07) is 8.96. The van der Waals surface area contributed by atoms with Gasteiger partial charge < -0.3 is 10.1 Å². The normalized spacial score (nSPS) is 14.4. The maximum Gasteiger partial charge on any atom is 0.0615 e. The van der Waals surface area contributed by atoms with E-state index in [1.807, 2.05) is 12.1 Å². The number of nitrogens with one attached hydrogen (secondary N) is 1. The second kappa shape index (κ2) is 8.52. The Morgan fingerprint density at radius 1 is 1.28 bits per heavy atom. The topological polar surface area (TPSA) is 21.3 Å². The zero-order valence-corrected chi connectivity index (χ0v) is 12.3. The molecule has 0 saturated carbocycles. The first kappa shape index (κ1) is 15.5. The maximum absolute atomic E-state index is 5.88. The second-order valence-corrected chi connectivity index (χ2v) is 5.28. The van der Waals surface area contributed by atoms with E-state index in [0.717, 1.165) is 24.5 Å². The molecular weight excluding hydrogens is 246 g/mol. The summed E-state index contributed by atoms with van der Waals surface area (Å²) in [6.45, 7) is 5.19. The maximum atomic E-state index is 5.88. The van der Waals surface area contributed by atoms with E-state index < -0.39 is 0 Å². The van der Waals surface area contributed by atoms with Gasteiger partial charge in [-0.05, 0) is 37.5 Å². The van der Waals surface area contributed by atoms with Crippen molar-refractivity contribution in [3.63, 3.8) is 0 Å². The Labute approximate surface area is 116 Å². The Morgan fingerprint density at radius 2 is 1.94 bits per heavy atom. The molecule has 1 aromatic carbocycles. The van der Waals surface area contributed by atoms with Gasteiger partial charge >= 0.3 is 0 Å². The van der Waals surface area contributed by atoms with Crippen LogP contribution in [0.2, 0.25) is 5.02 Å². The van der Waals surface area contributed by atoms with Gasteiger partial charge in [-0.25, -0.2) is 0 Å². The first-order valence-electron chi connectivity index (χ1n) is 6.65. The third-order valence-electron chi connectivity index (χ3n) is 2.98. The van der Waals surface area contributed by atoms with Crippen LogP contribution in [-0.2, 0) is 11.2 Å². The molecule has 0 aliphatic carbocycles. The van der Waals surface area contributed by atoms with E-state index in [-0.39, 0.29) is 0 Å². The van der Waals surface area contributed by atoms with Crippen molar-refractivity contribution in [3.8, 4) is 0 Å². The summed E-state index contributed by atoms with van der Waals surface area (Å²) >= 11 is 5.88. The standard InChI is InChI=1S/C15H24ClNO/c1-4-5-15(11-18-3)17-12(2)10-13-6-8-14(16)9-7-13/h6-9,12,15,17H,4-5,10-11H2,1-3H3. The van der Waals surface area contributed by atoms with Crippen LogP contribution in [0.15, 0.2) is 24.3 Å². The molecule has 0 heterocycles. The molecule has 3 heteroatoms. The van der Waals surface area contributed by atoms with Gasteiger partial charge in [-0.15, -0.1) is 0 Å². The lowest BCUT2D eigenvalue weighted by Crippen LogP contribution is -2.40. The Kier molecular flexibility index (Phi) is 7.33. The van der Waals surface area contributed by atoms with Gasteiger partial charge in [0.15, 0.2) is 0 Å². The summed E-state index contributed by atoms with van der Waals surface area (Å²) in [6.07, 6.45) is 3.34. The molecule has 0 aromatic heterocycles. The summed E-state index contributed by atoms with van der Waals surface area (Å²) in [5.74, 6) is 0. The number of rotatable bonds is 8. The smallest absolute Gasteiger partial charge is 0.0615 e. The van der Waals surface area contributed by atoms with E-state index in [1.54, 1.807) is 7.11 Å². The molecule has 0 saturated heterocycles. The van der Waals surface area contributed by atoms with Crippen molar-refractivity contribution in [1.29, 1.82) is 0 Å². The minimum absolute atomic E-state index is 0.442. The second-order valence-electron chi connectivity index (χ2n) is 4.84. The van der Waals surface area contributed by atoms with Crippen LogP contribution >= 0.6 is 11.6 Å². The molecule has 0 spiro atoms. The average Bonchev–Trinajstić information content (AvgIpc) is 2.33. The highest BCUT2D eigenvalue weighted by Crippen LogP contribution is 2.11. The van der Waals surface area contributed by atoms with Crippen LogP contribution < -0.4 is 5.32 Å². The fraction of sp³-hybridized carbons (Fsp3) is 0.600. The molecule has 2 atom stereocenters. The van der Waals surface area contributed by atoms with Crippen molar-refractivity contribution in [2.24, 2.45) is 0 Å². The number of hydrogen-bond acceptors (Lipinski definition) is 2. The summed E-state index contributed by atoms with van der Waals surface area (Å²) in [7, 11) is 1.76. The SMILES string of the molecule is CCCC(COC)NC(C)Cc1ccc(Cl)cc1. The van der Waals surface area contributed by atoms with E-state index in [9.17, 15) is 0 Å². The lowest BCUT2D eigenvalue weighted by atomic mass is 10.1. The largest absolute Gasteiger partial charge is 0.383 e. The van der Waals surface area contributed by atoms with E-state index >= 15 is 0 Å². The van der Waals surface area contributed by atoms with E-state index in [4.69, 9.17) is 16.3 Å². The predicted molar refractivity (Wildman–Crippen MR) is 78.3 cm³/mol. The van der Waals surface area contributed by atoms with E-state index in [0.29, 0.717) is 12.1 Å². The summed E-state index contributed by atoms with van der Waals surface area (Å²) < 4.78 is 5.24. The summed E-state index contributed by atoms with van der Waals surface area (Å²) in [4.78, 5) is 0. The van der Waals surface area contributed by atoms with Gasteiger partial charge in [0.25, 0.3) is 0 Å². The Hall–Kier alpha value is -0.570. The molecule has 0 aliphatic rings. The quantitative estimate of drug-likeness (QED) is 0.777. The Bertz CT molecular complexity index is 320. The molecule has 0 amide bonds. The fourth-order valence-electron chi connectivity index (χ4n) is 2.20. The van der Waals surface area contributed by atoms with E-state index in [2.05, 4.69) is 31.3 Å². The van der Waals surface area contributed by atoms with Gasteiger partial charge in [0.1, 0.15) is 0 Å². The van der Waals surface area contributed by atoms with Crippen LogP contribution in [0.4, 0.5) is 0 Å². The number of benzene rings is 1. The van der Waals surface area contributed by atoms with Crippen LogP contribution in [0.25, 0.3) is 0 Å². The van der Waals surface area contributed by atoms with Crippen LogP contribution in [0.3, 0.4) is 0 Å². The van der Waals surface area contributed by atoms with Crippen molar-refractivity contribution >= 4 is 11.6 Å². The monoisotopic (exact) mass is 269 g/mol. The lowest BCUT2D eigenvalue weighted by Gasteiger charge is -2.22. The van der Waals surface area contributed by atoms with Gasteiger partial charge in [0, 0.05) is 24.2 Å². The number of halogens is 1. The van der Waals surface area contributed by atoms with Gasteiger partial charge in [-0.2, -0.15) is 0 Å². The fourth-order valence-corrected chi connectivity index (χ4v) is 2.33. The van der Waals surface area contributed by atoms with Crippen molar-refractivity contribution in [2.45, 2.75) is 45.2 Å². The molecule has 0 bridgehead atoms. The van der Waals surface area contributed by atoms with Gasteiger partial charge in [0.2, 0.25) is 0 Å². The van der Waals surface area contributed by atoms with Crippen LogP contribution in [0.5, 0.6) is 0 Å². The Balaban J connectivity index is 2.43. The molecule has 0 fully saturated rings. The Morgan fingerprint density at radius 3 is 2.50 bits per heavy atom. The molecule has 1 N–H and O–H groups in total. The summed E-state index contributed by atoms with van der Waals surface area (Å²) in [5.41, 5.74) is 1.31. The average molecular weight is 270 g/mol. The molecule has 2 nitrogen and oxygen atoms in total. The highest BCUT2D eigenvalue weighted by atomic mass is 35.5. The zero-order valence-electron chi connectivity index (χ0n) is 11.6. The van der Waals surface area contributed by atoms with Crippen LogP contribution in [-0.4, -0.2) is 25.8 Å². The van der Waals surface area contributed by atoms with Crippen LogP contribution in [0.1, 0.15) is 32.3 Å². The molecule has 1 aromatic rings. The minimum atomic E-state index is 0.442. The third kappa shape index (κ3) is 5.85. The predicted octanol–water partition coefficient (Wildman–Crippen LogP) is 3.68. The van der Waals surface area contributed by atoms with Gasteiger partial charge in [-0.3, -0.25) is 0 Å². The number of methoxy groups -OCH3 is 1. The van der Waals surface area contributed by atoms with Gasteiger partial charge in [0.05, 0.1) is 6.61 Å². The number of hydrogen-bond donors (Lipinski definition) is 1. The molecular formula is C15H24ClNO. The number of ether oxygens (including phenoxy) is 1. The molecule has 0 radical (unpaired) electrons. The molecule has 0 aliphatic heterocycles. The first-order valence-corrected chi connectivity index (χ1v) is 7.03. The van der Waals surface area contributed by atoms with Crippen molar-refractivity contribution in [1.82, 2.24) is 5.32 Å². The molecule has 2 unspecified atom stereocenters. The molecule has 102 valence electrons. The van der Waals surface area contributed by atoms with Gasteiger partial charge in [-0.1, -0.05) is 37.1 Å². The molecule has 1 rings (SSSR count). The minimum Gasteiger partial charge on any atom is -0.383 e. The third-order valence-corrected chi connectivity index (χ3v) is 3.23. The lowest BCUT2D eigenvalue weighted by molar-refractivity contribution is 0.157. The highest BCUT2D eigenvalue weighted by Gasteiger charge is 2.11. The van der Waals surface area contributed by atoms with Crippen molar-refractivity contribution in [3.05, 3.63) is 34.9 Å². The highest BCUT2D eigenvalue weighted by molar-refractivity contribution is 6.30. The van der Waals surface area contributed by atoms with Crippen LogP contribution in [0, 0.1) is 0 Å². The van der Waals surface area contributed by atoms with Crippen molar-refractivity contribution in [2.75, 3.05) is 13.7 Å². The first-order chi connectivity index (χ1) is 8.65. The van der Waals surface area contributed by atoms with Crippen molar-refractivity contribution < 1.29 is 4.74 Å².